The monoisotopic (exact) mass is 254 g/mol. The van der Waals surface area contributed by atoms with E-state index in [4.69, 9.17) is 0 Å². The molecular formula is C14H26N2S. The molecule has 0 aliphatic heterocycles. The van der Waals surface area contributed by atoms with Gasteiger partial charge in [-0.15, -0.1) is 11.8 Å². The van der Waals surface area contributed by atoms with Gasteiger partial charge in [0.05, 0.1) is 0 Å². The van der Waals surface area contributed by atoms with E-state index in [2.05, 4.69) is 54.6 Å². The molecular weight excluding hydrogens is 228 g/mol. The maximum atomic E-state index is 3.42. The highest BCUT2D eigenvalue weighted by molar-refractivity contribution is 7.99. The van der Waals surface area contributed by atoms with Crippen LogP contribution in [0.3, 0.4) is 0 Å². The Balaban J connectivity index is 0.00000121. The molecule has 1 rings (SSSR count). The normalized spacial score (nSPS) is 9.94. The molecule has 1 aromatic carbocycles. The first-order valence-corrected chi connectivity index (χ1v) is 7.31. The molecule has 0 amide bonds. The fourth-order valence-electron chi connectivity index (χ4n) is 1.19. The molecule has 1 N–H and O–H groups in total. The number of benzene rings is 1. The second-order valence-electron chi connectivity index (χ2n) is 3.71. The summed E-state index contributed by atoms with van der Waals surface area (Å²) in [5.74, 6) is 1.14. The summed E-state index contributed by atoms with van der Waals surface area (Å²) >= 11 is 1.90. The van der Waals surface area contributed by atoms with Crippen LogP contribution in [0.25, 0.3) is 0 Å². The fourth-order valence-corrected chi connectivity index (χ4v) is 2.02. The topological polar surface area (TPSA) is 15.3 Å². The van der Waals surface area contributed by atoms with E-state index in [1.165, 1.54) is 4.90 Å². The maximum absolute atomic E-state index is 3.42. The summed E-state index contributed by atoms with van der Waals surface area (Å²) in [4.78, 5) is 3.55. The zero-order valence-electron chi connectivity index (χ0n) is 11.6. The molecule has 0 aliphatic rings. The summed E-state index contributed by atoms with van der Waals surface area (Å²) in [7, 11) is 4.20. The first-order chi connectivity index (χ1) is 8.29. The van der Waals surface area contributed by atoms with Crippen molar-refractivity contribution < 1.29 is 0 Å². The average molecular weight is 254 g/mol. The molecule has 2 nitrogen and oxygen atoms in total. The van der Waals surface area contributed by atoms with E-state index < -0.39 is 0 Å². The first-order valence-electron chi connectivity index (χ1n) is 6.32. The quantitative estimate of drug-likeness (QED) is 0.595. The molecule has 0 heterocycles. The third-order valence-corrected chi connectivity index (χ3v) is 3.04. The van der Waals surface area contributed by atoms with E-state index in [0.29, 0.717) is 0 Å². The first kappa shape index (κ1) is 16.5. The molecule has 0 saturated carbocycles. The molecule has 0 radical (unpaired) electrons. The molecule has 98 valence electrons. The second kappa shape index (κ2) is 12.0. The maximum Gasteiger partial charge on any atom is 0.0106 e. The average Bonchev–Trinajstić information content (AvgIpc) is 2.37. The molecule has 3 heteroatoms. The van der Waals surface area contributed by atoms with Crippen LogP contribution in [0.1, 0.15) is 13.8 Å². The van der Waals surface area contributed by atoms with Gasteiger partial charge in [-0.3, -0.25) is 0 Å². The van der Waals surface area contributed by atoms with Gasteiger partial charge in [0.2, 0.25) is 0 Å². The standard InChI is InChI=1S/C12H20N2S.C2H6/c1-14(2)10-8-13-9-11-15-12-6-4-3-5-7-12;1-2/h3-7,13H,8-11H2,1-2H3;1-2H3. The number of hydrogen-bond donors (Lipinski definition) is 1. The predicted octanol–water partition coefficient (Wildman–Crippen LogP) is 2.96. The van der Waals surface area contributed by atoms with E-state index in [0.717, 1.165) is 25.4 Å². The fraction of sp³-hybridized carbons (Fsp3) is 0.571. The molecule has 0 aromatic heterocycles. The van der Waals surface area contributed by atoms with E-state index in [1.807, 2.05) is 25.6 Å². The van der Waals surface area contributed by atoms with Gasteiger partial charge in [0.1, 0.15) is 0 Å². The third-order valence-electron chi connectivity index (χ3n) is 2.03. The minimum absolute atomic E-state index is 1.07. The van der Waals surface area contributed by atoms with Crippen molar-refractivity contribution in [2.75, 3.05) is 39.5 Å². The molecule has 0 bridgehead atoms. The van der Waals surface area contributed by atoms with Gasteiger partial charge < -0.3 is 10.2 Å². The Kier molecular flexibility index (Phi) is 11.6. The van der Waals surface area contributed by atoms with Crippen LogP contribution in [0.15, 0.2) is 35.2 Å². The largest absolute Gasteiger partial charge is 0.315 e. The summed E-state index contributed by atoms with van der Waals surface area (Å²) in [6, 6.07) is 10.5. The number of rotatable bonds is 7. The number of thioether (sulfide) groups is 1. The Hall–Kier alpha value is -0.510. The van der Waals surface area contributed by atoms with Crippen molar-refractivity contribution in [3.05, 3.63) is 30.3 Å². The van der Waals surface area contributed by atoms with Crippen LogP contribution in [0, 0.1) is 0 Å². The van der Waals surface area contributed by atoms with Crippen LogP contribution in [0.5, 0.6) is 0 Å². The van der Waals surface area contributed by atoms with Crippen molar-refractivity contribution in [2.24, 2.45) is 0 Å². The molecule has 0 fully saturated rings. The van der Waals surface area contributed by atoms with Crippen LogP contribution in [0.2, 0.25) is 0 Å². The summed E-state index contributed by atoms with van der Waals surface area (Å²) in [6.45, 7) is 7.26. The van der Waals surface area contributed by atoms with Gasteiger partial charge in [0, 0.05) is 30.3 Å². The van der Waals surface area contributed by atoms with Gasteiger partial charge >= 0.3 is 0 Å². The van der Waals surface area contributed by atoms with Crippen molar-refractivity contribution in [1.82, 2.24) is 10.2 Å². The highest BCUT2D eigenvalue weighted by atomic mass is 32.2. The molecule has 0 aliphatic carbocycles. The predicted molar refractivity (Wildman–Crippen MR) is 79.9 cm³/mol. The Labute approximate surface area is 111 Å². The summed E-state index contributed by atoms with van der Waals surface area (Å²) < 4.78 is 0. The smallest absolute Gasteiger partial charge is 0.0106 e. The number of likely N-dealkylation sites (N-methyl/N-ethyl adjacent to an activating group) is 1. The van der Waals surface area contributed by atoms with Crippen LogP contribution < -0.4 is 5.32 Å². The Bertz CT molecular complexity index is 250. The molecule has 0 unspecified atom stereocenters. The number of hydrogen-bond acceptors (Lipinski definition) is 3. The lowest BCUT2D eigenvalue weighted by atomic mass is 10.4. The number of nitrogens with one attached hydrogen (secondary N) is 1. The zero-order chi connectivity index (χ0) is 12.9. The van der Waals surface area contributed by atoms with E-state index in [9.17, 15) is 0 Å². The molecule has 0 spiro atoms. The van der Waals surface area contributed by atoms with E-state index >= 15 is 0 Å². The minimum atomic E-state index is 1.07. The van der Waals surface area contributed by atoms with Gasteiger partial charge in [-0.2, -0.15) is 0 Å². The highest BCUT2D eigenvalue weighted by Crippen LogP contribution is 2.15. The molecule has 0 saturated heterocycles. The van der Waals surface area contributed by atoms with Crippen LogP contribution in [0.4, 0.5) is 0 Å². The van der Waals surface area contributed by atoms with Crippen LogP contribution in [-0.2, 0) is 0 Å². The highest BCUT2D eigenvalue weighted by Gasteiger charge is 1.92. The summed E-state index contributed by atoms with van der Waals surface area (Å²) in [6.07, 6.45) is 0. The summed E-state index contributed by atoms with van der Waals surface area (Å²) in [5, 5.41) is 3.42. The van der Waals surface area contributed by atoms with Crippen molar-refractivity contribution in [3.63, 3.8) is 0 Å². The van der Waals surface area contributed by atoms with Crippen molar-refractivity contribution in [1.29, 1.82) is 0 Å². The molecule has 0 atom stereocenters. The molecule has 1 aromatic rings. The van der Waals surface area contributed by atoms with Gasteiger partial charge in [-0.1, -0.05) is 32.0 Å². The van der Waals surface area contributed by atoms with E-state index in [1.54, 1.807) is 0 Å². The molecule has 17 heavy (non-hydrogen) atoms. The van der Waals surface area contributed by atoms with Crippen molar-refractivity contribution in [2.45, 2.75) is 18.7 Å². The van der Waals surface area contributed by atoms with Crippen molar-refractivity contribution >= 4 is 11.8 Å². The lowest BCUT2D eigenvalue weighted by Gasteiger charge is -2.09. The van der Waals surface area contributed by atoms with E-state index in [-0.39, 0.29) is 0 Å². The SMILES string of the molecule is CC.CN(C)CCNCCSc1ccccc1. The Morgan fingerprint density at radius 3 is 2.29 bits per heavy atom. The van der Waals surface area contributed by atoms with Gasteiger partial charge in [0.25, 0.3) is 0 Å². The summed E-state index contributed by atoms with van der Waals surface area (Å²) in [5.41, 5.74) is 0. The minimum Gasteiger partial charge on any atom is -0.315 e. The Morgan fingerprint density at radius 2 is 1.71 bits per heavy atom. The van der Waals surface area contributed by atoms with Crippen LogP contribution in [-0.4, -0.2) is 44.4 Å². The van der Waals surface area contributed by atoms with Crippen LogP contribution >= 0.6 is 11.8 Å². The zero-order valence-corrected chi connectivity index (χ0v) is 12.4. The van der Waals surface area contributed by atoms with Gasteiger partial charge in [-0.05, 0) is 26.2 Å². The lowest BCUT2D eigenvalue weighted by molar-refractivity contribution is 0.403. The van der Waals surface area contributed by atoms with Gasteiger partial charge in [0.15, 0.2) is 0 Å². The second-order valence-corrected chi connectivity index (χ2v) is 4.88. The lowest BCUT2D eigenvalue weighted by Crippen LogP contribution is -2.27. The third kappa shape index (κ3) is 10.4. The van der Waals surface area contributed by atoms with Gasteiger partial charge in [-0.25, -0.2) is 0 Å². The number of nitrogens with zero attached hydrogens (tertiary/aromatic N) is 1. The Morgan fingerprint density at radius 1 is 1.06 bits per heavy atom. The van der Waals surface area contributed by atoms with Crippen molar-refractivity contribution in [3.8, 4) is 0 Å².